The third kappa shape index (κ3) is 3.35. The van der Waals surface area contributed by atoms with Crippen molar-refractivity contribution in [3.8, 4) is 0 Å². The zero-order valence-corrected chi connectivity index (χ0v) is 13.9. The van der Waals surface area contributed by atoms with Gasteiger partial charge in [-0.1, -0.05) is 29.8 Å². The van der Waals surface area contributed by atoms with E-state index in [2.05, 4.69) is 35.1 Å². The molecule has 0 saturated heterocycles. The second kappa shape index (κ2) is 6.17. The molecule has 1 fully saturated rings. The van der Waals surface area contributed by atoms with Gasteiger partial charge < -0.3 is 10.1 Å². The maximum atomic E-state index is 12.4. The Morgan fingerprint density at radius 1 is 1.25 bits per heavy atom. The Morgan fingerprint density at radius 2 is 1.80 bits per heavy atom. The van der Waals surface area contributed by atoms with Gasteiger partial charge in [0.25, 0.3) is 0 Å². The van der Waals surface area contributed by atoms with Crippen LogP contribution >= 0.6 is 15.9 Å². The van der Waals surface area contributed by atoms with E-state index >= 15 is 0 Å². The summed E-state index contributed by atoms with van der Waals surface area (Å²) >= 11 is 3.43. The number of anilines is 1. The number of carbonyl (C=O) groups is 1. The molecule has 3 nitrogen and oxygen atoms in total. The predicted molar refractivity (Wildman–Crippen MR) is 84.7 cm³/mol. The number of hydrogen-bond acceptors (Lipinski definition) is 3. The fourth-order valence-electron chi connectivity index (χ4n) is 3.45. The van der Waals surface area contributed by atoms with Crippen LogP contribution in [0.25, 0.3) is 0 Å². The van der Waals surface area contributed by atoms with Crippen LogP contribution < -0.4 is 5.32 Å². The molecule has 20 heavy (non-hydrogen) atoms. The van der Waals surface area contributed by atoms with Gasteiger partial charge in [0.2, 0.25) is 0 Å². The standard InChI is InChI=1S/C16H22BrNO2/c1-11-8-12(2)10-16(9-11,15(19)20-3)18-14-6-4-13(17)5-7-14/h4-7,11-12,18H,8-10H2,1-3H3. The highest BCUT2D eigenvalue weighted by Crippen LogP contribution is 2.39. The monoisotopic (exact) mass is 339 g/mol. The van der Waals surface area contributed by atoms with Gasteiger partial charge in [0.05, 0.1) is 7.11 Å². The lowest BCUT2D eigenvalue weighted by Crippen LogP contribution is -2.52. The highest BCUT2D eigenvalue weighted by molar-refractivity contribution is 9.10. The van der Waals surface area contributed by atoms with Crippen molar-refractivity contribution >= 4 is 27.6 Å². The molecule has 1 aliphatic rings. The molecule has 0 aromatic heterocycles. The number of methoxy groups -OCH3 is 1. The predicted octanol–water partition coefficient (Wildman–Crippen LogP) is 4.23. The summed E-state index contributed by atoms with van der Waals surface area (Å²) in [7, 11) is 1.47. The Hall–Kier alpha value is -1.03. The average Bonchev–Trinajstić information content (AvgIpc) is 2.39. The third-order valence-corrected chi connectivity index (χ3v) is 4.53. The van der Waals surface area contributed by atoms with E-state index in [0.717, 1.165) is 23.0 Å². The Labute approximate surface area is 129 Å². The molecule has 0 spiro atoms. The molecule has 1 aromatic rings. The van der Waals surface area contributed by atoms with E-state index in [4.69, 9.17) is 4.74 Å². The summed E-state index contributed by atoms with van der Waals surface area (Å²) in [6.07, 6.45) is 2.81. The second-order valence-corrected chi connectivity index (χ2v) is 6.98. The zero-order chi connectivity index (χ0) is 14.8. The van der Waals surface area contributed by atoms with Crippen LogP contribution in [0, 0.1) is 11.8 Å². The number of halogens is 1. The van der Waals surface area contributed by atoms with Crippen LogP contribution in [-0.2, 0) is 9.53 Å². The van der Waals surface area contributed by atoms with Gasteiger partial charge in [-0.05, 0) is 55.4 Å². The first-order valence-corrected chi connectivity index (χ1v) is 7.86. The van der Waals surface area contributed by atoms with Gasteiger partial charge in [0, 0.05) is 10.2 Å². The first-order valence-electron chi connectivity index (χ1n) is 7.07. The molecular weight excluding hydrogens is 318 g/mol. The highest BCUT2D eigenvalue weighted by Gasteiger charge is 2.45. The molecule has 0 bridgehead atoms. The van der Waals surface area contributed by atoms with Gasteiger partial charge in [-0.15, -0.1) is 0 Å². The average molecular weight is 340 g/mol. The molecule has 0 radical (unpaired) electrons. The van der Waals surface area contributed by atoms with Crippen LogP contribution in [0.4, 0.5) is 5.69 Å². The zero-order valence-electron chi connectivity index (χ0n) is 12.3. The minimum Gasteiger partial charge on any atom is -0.467 e. The van der Waals surface area contributed by atoms with E-state index in [1.807, 2.05) is 24.3 Å². The van der Waals surface area contributed by atoms with Crippen molar-refractivity contribution < 1.29 is 9.53 Å². The summed E-state index contributed by atoms with van der Waals surface area (Å²) in [6, 6.07) is 7.92. The molecule has 0 aliphatic heterocycles. The van der Waals surface area contributed by atoms with E-state index in [-0.39, 0.29) is 5.97 Å². The Balaban J connectivity index is 2.27. The van der Waals surface area contributed by atoms with E-state index in [9.17, 15) is 4.79 Å². The minimum atomic E-state index is -0.598. The van der Waals surface area contributed by atoms with Crippen molar-refractivity contribution in [1.29, 1.82) is 0 Å². The van der Waals surface area contributed by atoms with Gasteiger partial charge >= 0.3 is 5.97 Å². The maximum absolute atomic E-state index is 12.4. The van der Waals surface area contributed by atoms with Crippen molar-refractivity contribution in [2.75, 3.05) is 12.4 Å². The van der Waals surface area contributed by atoms with Gasteiger partial charge in [0.1, 0.15) is 5.54 Å². The molecule has 2 atom stereocenters. The molecular formula is C16H22BrNO2. The fourth-order valence-corrected chi connectivity index (χ4v) is 3.72. The number of ether oxygens (including phenoxy) is 1. The summed E-state index contributed by atoms with van der Waals surface area (Å²) < 4.78 is 6.10. The highest BCUT2D eigenvalue weighted by atomic mass is 79.9. The van der Waals surface area contributed by atoms with Gasteiger partial charge in [-0.2, -0.15) is 0 Å². The topological polar surface area (TPSA) is 38.3 Å². The second-order valence-electron chi connectivity index (χ2n) is 6.06. The molecule has 1 aromatic carbocycles. The molecule has 2 unspecified atom stereocenters. The Kier molecular flexibility index (Phi) is 4.74. The van der Waals surface area contributed by atoms with Crippen LogP contribution in [0.2, 0.25) is 0 Å². The first kappa shape index (κ1) is 15.4. The lowest BCUT2D eigenvalue weighted by molar-refractivity contribution is -0.148. The number of benzene rings is 1. The fraction of sp³-hybridized carbons (Fsp3) is 0.562. The normalized spacial score (nSPS) is 29.8. The lowest BCUT2D eigenvalue weighted by Gasteiger charge is -2.41. The SMILES string of the molecule is COC(=O)C1(Nc2ccc(Br)cc2)CC(C)CC(C)C1. The van der Waals surface area contributed by atoms with Crippen molar-refractivity contribution in [2.24, 2.45) is 11.8 Å². The maximum Gasteiger partial charge on any atom is 0.331 e. The summed E-state index contributed by atoms with van der Waals surface area (Å²) in [5.74, 6) is 0.875. The first-order chi connectivity index (χ1) is 9.45. The Bertz CT molecular complexity index is 462. The molecule has 2 rings (SSSR count). The summed E-state index contributed by atoms with van der Waals surface area (Å²) in [6.45, 7) is 4.41. The van der Waals surface area contributed by atoms with Crippen molar-refractivity contribution in [3.63, 3.8) is 0 Å². The summed E-state index contributed by atoms with van der Waals surface area (Å²) in [5.41, 5.74) is 0.361. The largest absolute Gasteiger partial charge is 0.467 e. The van der Waals surface area contributed by atoms with Gasteiger partial charge in [-0.3, -0.25) is 0 Å². The van der Waals surface area contributed by atoms with Crippen molar-refractivity contribution in [3.05, 3.63) is 28.7 Å². The molecule has 0 heterocycles. The summed E-state index contributed by atoms with van der Waals surface area (Å²) in [4.78, 5) is 12.4. The lowest BCUT2D eigenvalue weighted by atomic mass is 9.71. The van der Waals surface area contributed by atoms with Gasteiger partial charge in [-0.25, -0.2) is 4.79 Å². The van der Waals surface area contributed by atoms with Crippen LogP contribution in [-0.4, -0.2) is 18.6 Å². The quantitative estimate of drug-likeness (QED) is 0.837. The van der Waals surface area contributed by atoms with E-state index < -0.39 is 5.54 Å². The number of carbonyl (C=O) groups excluding carboxylic acids is 1. The van der Waals surface area contributed by atoms with Crippen LogP contribution in [0.1, 0.15) is 33.1 Å². The van der Waals surface area contributed by atoms with Crippen LogP contribution in [0.15, 0.2) is 28.7 Å². The summed E-state index contributed by atoms with van der Waals surface area (Å²) in [5, 5.41) is 3.44. The molecule has 1 aliphatic carbocycles. The number of hydrogen-bond donors (Lipinski definition) is 1. The smallest absolute Gasteiger partial charge is 0.331 e. The van der Waals surface area contributed by atoms with Crippen LogP contribution in [0.3, 0.4) is 0 Å². The molecule has 1 N–H and O–H groups in total. The molecule has 4 heteroatoms. The molecule has 110 valence electrons. The number of esters is 1. The number of nitrogens with one attached hydrogen (secondary N) is 1. The van der Waals surface area contributed by atoms with Crippen molar-refractivity contribution in [2.45, 2.75) is 38.6 Å². The third-order valence-electron chi connectivity index (χ3n) is 4.00. The van der Waals surface area contributed by atoms with Gasteiger partial charge in [0.15, 0.2) is 0 Å². The molecule has 0 amide bonds. The molecule has 1 saturated carbocycles. The van der Waals surface area contributed by atoms with Crippen molar-refractivity contribution in [1.82, 2.24) is 0 Å². The minimum absolute atomic E-state index is 0.154. The van der Waals surface area contributed by atoms with E-state index in [1.165, 1.54) is 13.5 Å². The number of rotatable bonds is 3. The van der Waals surface area contributed by atoms with E-state index in [1.54, 1.807) is 0 Å². The Morgan fingerprint density at radius 3 is 2.30 bits per heavy atom. The van der Waals surface area contributed by atoms with E-state index in [0.29, 0.717) is 11.8 Å². The van der Waals surface area contributed by atoms with Crippen LogP contribution in [0.5, 0.6) is 0 Å².